The highest BCUT2D eigenvalue weighted by Gasteiger charge is 2.23. The predicted octanol–water partition coefficient (Wildman–Crippen LogP) is 10.9. The van der Waals surface area contributed by atoms with Crippen molar-refractivity contribution >= 4 is 37.9 Å². The van der Waals surface area contributed by atoms with E-state index in [0.29, 0.717) is 4.75 Å². The minimum Gasteiger partial charge on any atom is -0.179 e. The van der Waals surface area contributed by atoms with Gasteiger partial charge in [-0.1, -0.05) is 129 Å². The minimum absolute atomic E-state index is 0.313. The van der Waals surface area contributed by atoms with E-state index < -0.39 is 0 Å². The molecule has 0 fully saturated rings. The lowest BCUT2D eigenvalue weighted by atomic mass is 9.88. The van der Waals surface area contributed by atoms with Gasteiger partial charge in [-0.3, -0.25) is 0 Å². The van der Waals surface area contributed by atoms with Crippen LogP contribution < -0.4 is 0 Å². The van der Waals surface area contributed by atoms with Crippen LogP contribution in [0.4, 0.5) is 0 Å². The Hall–Kier alpha value is 1.05. The molecule has 0 rings (SSSR count). The molecule has 0 aromatic carbocycles. The maximum Gasteiger partial charge on any atom is 0.0130 e. The van der Waals surface area contributed by atoms with Gasteiger partial charge in [-0.2, -0.15) is 37.9 Å². The highest BCUT2D eigenvalue weighted by Crippen LogP contribution is 2.34. The quantitative estimate of drug-likeness (QED) is 0.0779. The summed E-state index contributed by atoms with van der Waals surface area (Å²) in [5.74, 6) is 2.11. The average molecular weight is 491 g/mol. The Kier molecular flexibility index (Phi) is 26.5. The maximum absolute atomic E-state index is 5.25. The average Bonchev–Trinajstić information content (AvgIpc) is 2.76. The van der Waals surface area contributed by atoms with E-state index in [2.05, 4.69) is 32.2 Å². The van der Waals surface area contributed by atoms with E-state index in [4.69, 9.17) is 12.6 Å². The van der Waals surface area contributed by atoms with Crippen molar-refractivity contribution in [1.82, 2.24) is 0 Å². The van der Waals surface area contributed by atoms with Crippen LogP contribution in [0.15, 0.2) is 0 Å². The van der Waals surface area contributed by atoms with E-state index in [1.165, 1.54) is 154 Å². The van der Waals surface area contributed by atoms with Crippen LogP contribution in [-0.2, 0) is 0 Å². The van der Waals surface area contributed by atoms with Crippen LogP contribution >= 0.6 is 37.9 Å². The lowest BCUT2D eigenvalue weighted by Gasteiger charge is -2.29. The topological polar surface area (TPSA) is 0 Å². The number of hydrogen-bond donors (Lipinski definition) is 3. The summed E-state index contributed by atoms with van der Waals surface area (Å²) in [5, 5.41) is 0. The Bertz CT molecular complexity index is 334. The Morgan fingerprint density at radius 3 is 0.935 bits per heavy atom. The van der Waals surface area contributed by atoms with E-state index in [1.54, 1.807) is 0 Å². The van der Waals surface area contributed by atoms with Crippen molar-refractivity contribution < 1.29 is 0 Å². The number of thiol groups is 3. The molecule has 0 aliphatic carbocycles. The minimum atomic E-state index is 0.313. The summed E-state index contributed by atoms with van der Waals surface area (Å²) in [6.07, 6.45) is 33.3. The monoisotopic (exact) mass is 490 g/mol. The molecule has 0 amide bonds. The lowest BCUT2D eigenvalue weighted by molar-refractivity contribution is 0.408. The Morgan fingerprint density at radius 1 is 0.387 bits per heavy atom. The molecule has 0 spiro atoms. The van der Waals surface area contributed by atoms with Crippen LogP contribution in [-0.4, -0.2) is 16.3 Å². The van der Waals surface area contributed by atoms with Crippen molar-refractivity contribution in [2.75, 3.05) is 11.5 Å². The highest BCUT2D eigenvalue weighted by molar-refractivity contribution is 7.81. The smallest absolute Gasteiger partial charge is 0.0130 e. The second-order valence-corrected chi connectivity index (χ2v) is 11.8. The summed E-state index contributed by atoms with van der Waals surface area (Å²) >= 11 is 13.9. The molecule has 1 atom stereocenters. The lowest BCUT2D eigenvalue weighted by Crippen LogP contribution is -2.21. The molecule has 0 radical (unpaired) electrons. The molecule has 0 aliphatic rings. The molecule has 0 bridgehead atoms. The Balaban J connectivity index is 3.74. The molecule has 0 nitrogen and oxygen atoms in total. The first-order valence-electron chi connectivity index (χ1n) is 14.1. The summed E-state index contributed by atoms with van der Waals surface area (Å²) in [7, 11) is 0. The van der Waals surface area contributed by atoms with Crippen LogP contribution in [0, 0.1) is 0 Å². The fourth-order valence-electron chi connectivity index (χ4n) is 4.69. The van der Waals surface area contributed by atoms with Crippen molar-refractivity contribution in [3.63, 3.8) is 0 Å². The summed E-state index contributed by atoms with van der Waals surface area (Å²) < 4.78 is 0.313. The zero-order valence-electron chi connectivity index (χ0n) is 21.2. The summed E-state index contributed by atoms with van der Waals surface area (Å²) in [6.45, 7) is 2.31. The van der Waals surface area contributed by atoms with Crippen LogP contribution in [0.25, 0.3) is 0 Å². The third-order valence-corrected chi connectivity index (χ3v) is 8.15. The Labute approximate surface area is 214 Å². The van der Waals surface area contributed by atoms with E-state index in [0.717, 1.165) is 11.5 Å². The van der Waals surface area contributed by atoms with Crippen molar-refractivity contribution in [3.05, 3.63) is 0 Å². The second kappa shape index (κ2) is 25.7. The Morgan fingerprint density at radius 2 is 0.645 bits per heavy atom. The zero-order valence-corrected chi connectivity index (χ0v) is 23.9. The number of hydrogen-bond acceptors (Lipinski definition) is 3. The number of unbranched alkanes of at least 4 members (excludes halogenated alkanes) is 18. The maximum atomic E-state index is 5.25. The van der Waals surface area contributed by atoms with Gasteiger partial charge in [0.2, 0.25) is 0 Å². The van der Waals surface area contributed by atoms with Gasteiger partial charge in [0.05, 0.1) is 0 Å². The summed E-state index contributed by atoms with van der Waals surface area (Å²) in [5.41, 5.74) is 0. The summed E-state index contributed by atoms with van der Waals surface area (Å²) in [6, 6.07) is 0. The van der Waals surface area contributed by atoms with Crippen LogP contribution in [0.5, 0.6) is 0 Å². The van der Waals surface area contributed by atoms with E-state index in [-0.39, 0.29) is 0 Å². The molecular formula is C28H58S3. The molecule has 31 heavy (non-hydrogen) atoms. The molecular weight excluding hydrogens is 433 g/mol. The van der Waals surface area contributed by atoms with E-state index in [1.807, 2.05) is 0 Å². The van der Waals surface area contributed by atoms with Crippen LogP contribution in [0.3, 0.4) is 0 Å². The zero-order chi connectivity index (χ0) is 22.9. The molecule has 0 aromatic rings. The molecule has 0 saturated heterocycles. The largest absolute Gasteiger partial charge is 0.179 e. The van der Waals surface area contributed by atoms with Crippen molar-refractivity contribution in [2.45, 2.75) is 166 Å². The second-order valence-electron chi connectivity index (χ2n) is 9.99. The van der Waals surface area contributed by atoms with Crippen LogP contribution in [0.1, 0.15) is 161 Å². The summed E-state index contributed by atoms with van der Waals surface area (Å²) in [4.78, 5) is 0. The predicted molar refractivity (Wildman–Crippen MR) is 156 cm³/mol. The van der Waals surface area contributed by atoms with Gasteiger partial charge in [0, 0.05) is 4.75 Å². The molecule has 188 valence electrons. The van der Waals surface area contributed by atoms with Gasteiger partial charge in [0.1, 0.15) is 0 Å². The van der Waals surface area contributed by atoms with Crippen LogP contribution in [0.2, 0.25) is 0 Å². The van der Waals surface area contributed by atoms with Gasteiger partial charge >= 0.3 is 0 Å². The van der Waals surface area contributed by atoms with Gasteiger partial charge in [-0.05, 0) is 43.6 Å². The van der Waals surface area contributed by atoms with E-state index in [9.17, 15) is 0 Å². The fraction of sp³-hybridized carbons (Fsp3) is 1.00. The standard InChI is InChI=1S/C28H58S3/c1-2-3-18-23-28(31,25-20-15-11-13-17-22-27-30)24-19-14-10-8-6-4-5-7-9-12-16-21-26-29/h29-31H,2-27H2,1H3. The molecule has 0 aliphatic heterocycles. The molecule has 3 heteroatoms. The van der Waals surface area contributed by atoms with Crippen molar-refractivity contribution in [1.29, 1.82) is 0 Å². The third-order valence-electron chi connectivity index (χ3n) is 6.85. The SMILES string of the molecule is CCCCCC(S)(CCCCCCCCS)CCCCCCCCCCCCCCS. The molecule has 0 N–H and O–H groups in total. The first-order chi connectivity index (χ1) is 15.2. The highest BCUT2D eigenvalue weighted by atomic mass is 32.1. The molecule has 0 aromatic heterocycles. The van der Waals surface area contributed by atoms with Gasteiger partial charge in [0.25, 0.3) is 0 Å². The van der Waals surface area contributed by atoms with Gasteiger partial charge in [0.15, 0.2) is 0 Å². The fourth-order valence-corrected chi connectivity index (χ4v) is 5.61. The first-order valence-corrected chi connectivity index (χ1v) is 15.8. The van der Waals surface area contributed by atoms with Gasteiger partial charge in [-0.25, -0.2) is 0 Å². The first kappa shape index (κ1) is 32.0. The van der Waals surface area contributed by atoms with Crippen molar-refractivity contribution in [2.24, 2.45) is 0 Å². The molecule has 0 saturated carbocycles. The van der Waals surface area contributed by atoms with E-state index >= 15 is 0 Å². The normalized spacial score (nSPS) is 13.5. The van der Waals surface area contributed by atoms with Gasteiger partial charge < -0.3 is 0 Å². The third kappa shape index (κ3) is 24.0. The van der Waals surface area contributed by atoms with Gasteiger partial charge in [-0.15, -0.1) is 0 Å². The van der Waals surface area contributed by atoms with Crippen molar-refractivity contribution in [3.8, 4) is 0 Å². The number of rotatable bonds is 26. The molecule has 1 unspecified atom stereocenters. The molecule has 0 heterocycles.